The van der Waals surface area contributed by atoms with Crippen LogP contribution < -0.4 is 5.73 Å². The fraction of sp³-hybridized carbons (Fsp3) is 0.857. The van der Waals surface area contributed by atoms with Crippen LogP contribution in [0.2, 0.25) is 0 Å². The molecule has 0 aromatic carbocycles. The summed E-state index contributed by atoms with van der Waals surface area (Å²) in [6.45, 7) is 0. The molecule has 0 bridgehead atoms. The lowest BCUT2D eigenvalue weighted by atomic mass is 10.1. The van der Waals surface area contributed by atoms with E-state index in [9.17, 15) is 4.79 Å². The molecule has 0 aliphatic rings. The third-order valence-corrected chi connectivity index (χ3v) is 1.90. The van der Waals surface area contributed by atoms with E-state index in [4.69, 9.17) is 5.73 Å². The molecule has 0 saturated carbocycles. The van der Waals surface area contributed by atoms with Crippen molar-refractivity contribution in [1.29, 1.82) is 0 Å². The molecule has 1 unspecified atom stereocenters. The molecule has 4 heteroatoms. The second-order valence-electron chi connectivity index (χ2n) is 2.75. The van der Waals surface area contributed by atoms with E-state index in [1.165, 1.54) is 0 Å². The molecule has 0 saturated heterocycles. The number of hydrogen-bond acceptors (Lipinski definition) is 3. The van der Waals surface area contributed by atoms with Crippen molar-refractivity contribution < 1.29 is 4.79 Å². The Balaban J connectivity index is 3.80. The highest BCUT2D eigenvalue weighted by Gasteiger charge is 2.15. The lowest BCUT2D eigenvalue weighted by Gasteiger charge is -2.20. The van der Waals surface area contributed by atoms with Crippen LogP contribution >= 0.6 is 12.6 Å². The van der Waals surface area contributed by atoms with Crippen LogP contribution in [0.25, 0.3) is 0 Å². The maximum absolute atomic E-state index is 10.8. The van der Waals surface area contributed by atoms with E-state index in [1.54, 1.807) is 0 Å². The molecule has 0 rings (SSSR count). The molecule has 11 heavy (non-hydrogen) atoms. The first-order valence-electron chi connectivity index (χ1n) is 3.66. The largest absolute Gasteiger partial charge is 0.368 e. The molecule has 0 aromatic rings. The summed E-state index contributed by atoms with van der Waals surface area (Å²) < 4.78 is 0. The van der Waals surface area contributed by atoms with E-state index >= 15 is 0 Å². The summed E-state index contributed by atoms with van der Waals surface area (Å²) in [5.74, 6) is 0.550. The Morgan fingerprint density at radius 2 is 2.18 bits per heavy atom. The Hall–Kier alpha value is -0.220. The highest BCUT2D eigenvalue weighted by molar-refractivity contribution is 7.80. The molecule has 0 heterocycles. The molecular weight excluding hydrogens is 160 g/mol. The number of rotatable bonds is 5. The monoisotopic (exact) mass is 176 g/mol. The predicted molar refractivity (Wildman–Crippen MR) is 49.8 cm³/mol. The van der Waals surface area contributed by atoms with Crippen molar-refractivity contribution in [3.8, 4) is 0 Å². The fourth-order valence-electron chi connectivity index (χ4n) is 0.940. The molecule has 0 aliphatic heterocycles. The molecule has 3 nitrogen and oxygen atoms in total. The summed E-state index contributed by atoms with van der Waals surface area (Å²) in [6.07, 6.45) is 1.72. The van der Waals surface area contributed by atoms with Gasteiger partial charge in [0, 0.05) is 0 Å². The van der Waals surface area contributed by atoms with E-state index in [1.807, 2.05) is 19.0 Å². The van der Waals surface area contributed by atoms with Gasteiger partial charge in [0.2, 0.25) is 5.91 Å². The van der Waals surface area contributed by atoms with E-state index in [0.29, 0.717) is 0 Å². The minimum absolute atomic E-state index is 0.137. The predicted octanol–water partition coefficient (Wildman–Crippen LogP) is 0.112. The number of primary amides is 1. The van der Waals surface area contributed by atoms with Crippen LogP contribution in [0.3, 0.4) is 0 Å². The topological polar surface area (TPSA) is 46.3 Å². The van der Waals surface area contributed by atoms with E-state index in [2.05, 4.69) is 12.6 Å². The lowest BCUT2D eigenvalue weighted by molar-refractivity contribution is -0.122. The average molecular weight is 176 g/mol. The number of carbonyl (C=O) groups is 1. The van der Waals surface area contributed by atoms with Gasteiger partial charge < -0.3 is 5.73 Å². The van der Waals surface area contributed by atoms with Crippen LogP contribution in [-0.4, -0.2) is 36.7 Å². The standard InChI is InChI=1S/C7H16N2OS/c1-9(2)6(7(8)10)4-3-5-11/h6,11H,3-5H2,1-2H3,(H2,8,10). The summed E-state index contributed by atoms with van der Waals surface area (Å²) in [5.41, 5.74) is 5.17. The molecule has 66 valence electrons. The summed E-state index contributed by atoms with van der Waals surface area (Å²) >= 11 is 4.06. The molecule has 0 aromatic heterocycles. The number of nitrogens with zero attached hydrogens (tertiary/aromatic N) is 1. The first kappa shape index (κ1) is 10.8. The summed E-state index contributed by atoms with van der Waals surface area (Å²) in [5, 5.41) is 0. The molecule has 0 radical (unpaired) electrons. The molecule has 1 amide bonds. The zero-order valence-corrected chi connectivity index (χ0v) is 7.97. The van der Waals surface area contributed by atoms with Crippen molar-refractivity contribution >= 4 is 18.5 Å². The second kappa shape index (κ2) is 5.43. The first-order valence-corrected chi connectivity index (χ1v) is 4.29. The highest BCUT2D eigenvalue weighted by Crippen LogP contribution is 2.03. The van der Waals surface area contributed by atoms with Gasteiger partial charge in [-0.2, -0.15) is 12.6 Å². The minimum Gasteiger partial charge on any atom is -0.368 e. The Bertz CT molecular complexity index is 128. The van der Waals surface area contributed by atoms with Crippen LogP contribution in [0.1, 0.15) is 12.8 Å². The van der Waals surface area contributed by atoms with Crippen molar-refractivity contribution in [2.75, 3.05) is 19.8 Å². The van der Waals surface area contributed by atoms with E-state index < -0.39 is 0 Å². The number of nitrogens with two attached hydrogens (primary N) is 1. The first-order chi connectivity index (χ1) is 5.09. The molecule has 2 N–H and O–H groups in total. The normalized spacial score (nSPS) is 13.5. The Morgan fingerprint density at radius 1 is 1.64 bits per heavy atom. The van der Waals surface area contributed by atoms with Gasteiger partial charge in [-0.3, -0.25) is 9.69 Å². The number of carbonyl (C=O) groups excluding carboxylic acids is 1. The van der Waals surface area contributed by atoms with Crippen LogP contribution in [0, 0.1) is 0 Å². The number of likely N-dealkylation sites (N-methyl/N-ethyl adjacent to an activating group) is 1. The molecule has 0 aliphatic carbocycles. The van der Waals surface area contributed by atoms with Crippen molar-refractivity contribution in [1.82, 2.24) is 4.90 Å². The van der Waals surface area contributed by atoms with Crippen molar-refractivity contribution in [2.24, 2.45) is 5.73 Å². The maximum Gasteiger partial charge on any atom is 0.234 e. The molecular formula is C7H16N2OS. The van der Waals surface area contributed by atoms with Gasteiger partial charge in [0.25, 0.3) is 0 Å². The Morgan fingerprint density at radius 3 is 2.45 bits per heavy atom. The van der Waals surface area contributed by atoms with Crippen molar-refractivity contribution in [3.63, 3.8) is 0 Å². The van der Waals surface area contributed by atoms with Gasteiger partial charge in [-0.1, -0.05) is 0 Å². The van der Waals surface area contributed by atoms with Gasteiger partial charge in [0.05, 0.1) is 6.04 Å². The zero-order valence-electron chi connectivity index (χ0n) is 7.08. The van der Waals surface area contributed by atoms with Gasteiger partial charge in [-0.05, 0) is 32.7 Å². The zero-order chi connectivity index (χ0) is 8.85. The maximum atomic E-state index is 10.8. The summed E-state index contributed by atoms with van der Waals surface area (Å²) in [4.78, 5) is 12.6. The number of hydrogen-bond donors (Lipinski definition) is 2. The average Bonchev–Trinajstić information content (AvgIpc) is 1.87. The second-order valence-corrected chi connectivity index (χ2v) is 3.19. The Kier molecular flexibility index (Phi) is 5.32. The number of thiol groups is 1. The quantitative estimate of drug-likeness (QED) is 0.584. The summed E-state index contributed by atoms with van der Waals surface area (Å²) in [6, 6.07) is -0.137. The van der Waals surface area contributed by atoms with Crippen LogP contribution in [0.4, 0.5) is 0 Å². The van der Waals surface area contributed by atoms with Gasteiger partial charge in [0.1, 0.15) is 0 Å². The van der Waals surface area contributed by atoms with Crippen molar-refractivity contribution in [3.05, 3.63) is 0 Å². The molecule has 0 spiro atoms. The van der Waals surface area contributed by atoms with Crippen LogP contribution in [0.15, 0.2) is 0 Å². The smallest absolute Gasteiger partial charge is 0.234 e. The summed E-state index contributed by atoms with van der Waals surface area (Å²) in [7, 11) is 3.71. The third kappa shape index (κ3) is 4.27. The molecule has 0 fully saturated rings. The van der Waals surface area contributed by atoms with Crippen LogP contribution in [-0.2, 0) is 4.79 Å². The number of amides is 1. The van der Waals surface area contributed by atoms with E-state index in [0.717, 1.165) is 18.6 Å². The van der Waals surface area contributed by atoms with Gasteiger partial charge in [-0.25, -0.2) is 0 Å². The van der Waals surface area contributed by atoms with Crippen molar-refractivity contribution in [2.45, 2.75) is 18.9 Å². The minimum atomic E-state index is -0.253. The van der Waals surface area contributed by atoms with Gasteiger partial charge >= 0.3 is 0 Å². The van der Waals surface area contributed by atoms with E-state index in [-0.39, 0.29) is 11.9 Å². The molecule has 1 atom stereocenters. The third-order valence-electron chi connectivity index (χ3n) is 1.59. The lowest BCUT2D eigenvalue weighted by Crippen LogP contribution is -2.40. The fourth-order valence-corrected chi connectivity index (χ4v) is 1.12. The van der Waals surface area contributed by atoms with Crippen LogP contribution in [0.5, 0.6) is 0 Å². The highest BCUT2D eigenvalue weighted by atomic mass is 32.1. The van der Waals surface area contributed by atoms with Gasteiger partial charge in [-0.15, -0.1) is 0 Å². The SMILES string of the molecule is CN(C)C(CCCS)C(N)=O. The Labute approximate surface area is 73.3 Å². The van der Waals surface area contributed by atoms with Gasteiger partial charge in [0.15, 0.2) is 0 Å².